The number of hydrogen-bond donors (Lipinski definition) is 1. The number of aliphatic hydroxyl groups is 1. The van der Waals surface area contributed by atoms with Crippen LogP contribution in [0.2, 0.25) is 0 Å². The third-order valence-corrected chi connectivity index (χ3v) is 4.69. The Kier molecular flexibility index (Phi) is 4.97. The van der Waals surface area contributed by atoms with Crippen LogP contribution in [0.25, 0.3) is 0 Å². The van der Waals surface area contributed by atoms with E-state index in [9.17, 15) is 9.90 Å². The van der Waals surface area contributed by atoms with Gasteiger partial charge in [-0.1, -0.05) is 30.3 Å². The van der Waals surface area contributed by atoms with Crippen molar-refractivity contribution >= 4 is 5.91 Å². The van der Waals surface area contributed by atoms with Crippen LogP contribution in [0.5, 0.6) is 0 Å². The lowest BCUT2D eigenvalue weighted by atomic mass is 10.2. The van der Waals surface area contributed by atoms with Crippen molar-refractivity contribution in [2.24, 2.45) is 0 Å². The van der Waals surface area contributed by atoms with Crippen molar-refractivity contribution in [2.75, 3.05) is 20.3 Å². The van der Waals surface area contributed by atoms with Gasteiger partial charge in [-0.3, -0.25) is 9.48 Å². The second-order valence-electron chi connectivity index (χ2n) is 6.17. The average Bonchev–Trinajstić information content (AvgIpc) is 3.19. The molecule has 1 aliphatic rings. The van der Waals surface area contributed by atoms with Gasteiger partial charge in [0.1, 0.15) is 0 Å². The number of aromatic nitrogens is 2. The number of likely N-dealkylation sites (tertiary alicyclic amines) is 1. The molecule has 0 spiro atoms. The van der Waals surface area contributed by atoms with Crippen LogP contribution in [0, 0.1) is 6.92 Å². The molecule has 24 heavy (non-hydrogen) atoms. The summed E-state index contributed by atoms with van der Waals surface area (Å²) >= 11 is 0. The number of rotatable bonds is 5. The van der Waals surface area contributed by atoms with Gasteiger partial charge in [-0.05, 0) is 18.9 Å². The third kappa shape index (κ3) is 3.20. The summed E-state index contributed by atoms with van der Waals surface area (Å²) in [5.41, 5.74) is 2.55. The second kappa shape index (κ2) is 7.15. The van der Waals surface area contributed by atoms with Crippen LogP contribution in [0.15, 0.2) is 36.5 Å². The molecule has 1 amide bonds. The number of nitrogens with zero attached hydrogens (tertiary/aromatic N) is 3. The van der Waals surface area contributed by atoms with E-state index in [0.717, 1.165) is 11.3 Å². The zero-order chi connectivity index (χ0) is 17.1. The highest BCUT2D eigenvalue weighted by atomic mass is 16.5. The largest absolute Gasteiger partial charge is 0.394 e. The summed E-state index contributed by atoms with van der Waals surface area (Å²) in [6.07, 6.45) is 2.26. The van der Waals surface area contributed by atoms with Gasteiger partial charge in [-0.15, -0.1) is 0 Å². The number of benzene rings is 1. The predicted octanol–water partition coefficient (Wildman–Crippen LogP) is 1.46. The molecule has 0 saturated carbocycles. The van der Waals surface area contributed by atoms with Crippen LogP contribution in [-0.2, 0) is 11.3 Å². The normalized spacial score (nSPS) is 20.5. The molecule has 6 heteroatoms. The Morgan fingerprint density at radius 3 is 2.79 bits per heavy atom. The summed E-state index contributed by atoms with van der Waals surface area (Å²) < 4.78 is 7.18. The fourth-order valence-electron chi connectivity index (χ4n) is 3.19. The smallest absolute Gasteiger partial charge is 0.257 e. The van der Waals surface area contributed by atoms with Crippen molar-refractivity contribution in [1.82, 2.24) is 14.7 Å². The fraction of sp³-hybridized carbons (Fsp3) is 0.444. The van der Waals surface area contributed by atoms with Gasteiger partial charge in [0.25, 0.3) is 5.91 Å². The lowest BCUT2D eigenvalue weighted by Crippen LogP contribution is -2.38. The van der Waals surface area contributed by atoms with E-state index in [1.54, 1.807) is 18.2 Å². The molecule has 1 aromatic carbocycles. The number of carbonyl (C=O) groups excluding carboxylic acids is 1. The van der Waals surface area contributed by atoms with Gasteiger partial charge in [0.15, 0.2) is 0 Å². The number of aliphatic hydroxyl groups excluding tert-OH is 1. The number of amides is 1. The minimum atomic E-state index is -0.195. The summed E-state index contributed by atoms with van der Waals surface area (Å²) in [7, 11) is 1.64. The van der Waals surface area contributed by atoms with Gasteiger partial charge in [0.05, 0.1) is 37.1 Å². The lowest BCUT2D eigenvalue weighted by Gasteiger charge is -2.22. The molecule has 0 radical (unpaired) electrons. The van der Waals surface area contributed by atoms with E-state index in [1.807, 2.05) is 41.9 Å². The van der Waals surface area contributed by atoms with Gasteiger partial charge in [-0.2, -0.15) is 5.10 Å². The van der Waals surface area contributed by atoms with Gasteiger partial charge in [0, 0.05) is 19.3 Å². The van der Waals surface area contributed by atoms with Crippen LogP contribution in [-0.4, -0.2) is 58.1 Å². The summed E-state index contributed by atoms with van der Waals surface area (Å²) in [5, 5.41) is 13.9. The maximum Gasteiger partial charge on any atom is 0.257 e. The maximum atomic E-state index is 12.9. The molecular weight excluding hydrogens is 306 g/mol. The van der Waals surface area contributed by atoms with E-state index >= 15 is 0 Å². The number of ether oxygens (including phenoxy) is 1. The maximum absolute atomic E-state index is 12.9. The molecule has 0 unspecified atom stereocenters. The highest BCUT2D eigenvalue weighted by Crippen LogP contribution is 2.23. The Morgan fingerprint density at radius 2 is 2.12 bits per heavy atom. The quantitative estimate of drug-likeness (QED) is 0.902. The van der Waals surface area contributed by atoms with Gasteiger partial charge < -0.3 is 14.7 Å². The number of carbonyl (C=O) groups is 1. The molecule has 128 valence electrons. The van der Waals surface area contributed by atoms with Crippen molar-refractivity contribution in [3.63, 3.8) is 0 Å². The van der Waals surface area contributed by atoms with E-state index in [0.29, 0.717) is 25.1 Å². The Hall–Kier alpha value is -2.18. The molecule has 1 aromatic heterocycles. The first-order valence-electron chi connectivity index (χ1n) is 8.15. The SMILES string of the molecule is CO[C@H]1C[C@@H](CO)N(C(=O)c2cnn(Cc3ccccc3)c2C)C1. The molecule has 3 rings (SSSR count). The molecule has 1 fully saturated rings. The molecule has 1 saturated heterocycles. The van der Waals surface area contributed by atoms with E-state index in [4.69, 9.17) is 4.74 Å². The zero-order valence-electron chi connectivity index (χ0n) is 14.1. The van der Waals surface area contributed by atoms with Crippen LogP contribution < -0.4 is 0 Å². The van der Waals surface area contributed by atoms with Crippen molar-refractivity contribution in [3.05, 3.63) is 53.3 Å². The van der Waals surface area contributed by atoms with E-state index in [-0.39, 0.29) is 24.7 Å². The molecule has 2 aromatic rings. The second-order valence-corrected chi connectivity index (χ2v) is 6.17. The summed E-state index contributed by atoms with van der Waals surface area (Å²) in [5.74, 6) is -0.0922. The average molecular weight is 329 g/mol. The first-order valence-corrected chi connectivity index (χ1v) is 8.15. The minimum Gasteiger partial charge on any atom is -0.394 e. The van der Waals surface area contributed by atoms with Crippen LogP contribution >= 0.6 is 0 Å². The molecule has 0 bridgehead atoms. The summed E-state index contributed by atoms with van der Waals surface area (Å²) in [4.78, 5) is 14.6. The van der Waals surface area contributed by atoms with E-state index in [2.05, 4.69) is 5.10 Å². The molecular formula is C18H23N3O3. The Morgan fingerprint density at radius 1 is 1.38 bits per heavy atom. The zero-order valence-corrected chi connectivity index (χ0v) is 14.1. The van der Waals surface area contributed by atoms with E-state index in [1.165, 1.54) is 0 Å². The Balaban J connectivity index is 1.79. The van der Waals surface area contributed by atoms with E-state index < -0.39 is 0 Å². The number of hydrogen-bond acceptors (Lipinski definition) is 4. The van der Waals surface area contributed by atoms with Crippen LogP contribution in [0.3, 0.4) is 0 Å². The Labute approximate surface area is 141 Å². The Bertz CT molecular complexity index is 699. The molecule has 2 atom stereocenters. The van der Waals surface area contributed by atoms with Gasteiger partial charge in [0.2, 0.25) is 0 Å². The van der Waals surface area contributed by atoms with Crippen molar-refractivity contribution < 1.29 is 14.6 Å². The fourth-order valence-corrected chi connectivity index (χ4v) is 3.19. The van der Waals surface area contributed by atoms with Crippen molar-refractivity contribution in [3.8, 4) is 0 Å². The number of methoxy groups -OCH3 is 1. The predicted molar refractivity (Wildman–Crippen MR) is 89.8 cm³/mol. The topological polar surface area (TPSA) is 67.6 Å². The first-order chi connectivity index (χ1) is 11.6. The minimum absolute atomic E-state index is 0.0224. The lowest BCUT2D eigenvalue weighted by molar-refractivity contribution is 0.0647. The van der Waals surface area contributed by atoms with Crippen molar-refractivity contribution in [2.45, 2.75) is 32.0 Å². The first kappa shape index (κ1) is 16.7. The summed E-state index contributed by atoms with van der Waals surface area (Å²) in [6.45, 7) is 2.98. The highest BCUT2D eigenvalue weighted by molar-refractivity contribution is 5.95. The standard InChI is InChI=1S/C18H23N3O3/c1-13-17(9-19-21(13)10-14-6-4-3-5-7-14)18(23)20-11-16(24-2)8-15(20)12-22/h3-7,9,15-16,22H,8,10-12H2,1-2H3/t15-,16-/m0/s1. The van der Waals surface area contributed by atoms with Crippen LogP contribution in [0.1, 0.15) is 28.0 Å². The van der Waals surface area contributed by atoms with Gasteiger partial charge >= 0.3 is 0 Å². The molecule has 2 heterocycles. The highest BCUT2D eigenvalue weighted by Gasteiger charge is 2.36. The molecule has 1 N–H and O–H groups in total. The van der Waals surface area contributed by atoms with Crippen LogP contribution in [0.4, 0.5) is 0 Å². The summed E-state index contributed by atoms with van der Waals surface area (Å²) in [6, 6.07) is 9.83. The van der Waals surface area contributed by atoms with Crippen molar-refractivity contribution in [1.29, 1.82) is 0 Å². The van der Waals surface area contributed by atoms with Gasteiger partial charge in [-0.25, -0.2) is 0 Å². The third-order valence-electron chi connectivity index (χ3n) is 4.69. The molecule has 0 aliphatic carbocycles. The molecule has 6 nitrogen and oxygen atoms in total. The molecule has 1 aliphatic heterocycles. The monoisotopic (exact) mass is 329 g/mol.